The zero-order valence-electron chi connectivity index (χ0n) is 11.3. The summed E-state index contributed by atoms with van der Waals surface area (Å²) in [4.78, 5) is 0.357. The van der Waals surface area contributed by atoms with Crippen LogP contribution in [0.25, 0.3) is 6.08 Å². The first-order valence-corrected chi connectivity index (χ1v) is 7.12. The number of methoxy groups -OCH3 is 1. The third kappa shape index (κ3) is 2.72. The molecule has 2 unspecified atom stereocenters. The van der Waals surface area contributed by atoms with Gasteiger partial charge in [-0.3, -0.25) is 0 Å². The number of allylic oxidation sites excluding steroid dienone is 1. The molecule has 3 heteroatoms. The molecule has 0 radical (unpaired) electrons. The minimum absolute atomic E-state index is 0.264. The van der Waals surface area contributed by atoms with E-state index >= 15 is 0 Å². The van der Waals surface area contributed by atoms with Gasteiger partial charge < -0.3 is 9.47 Å². The Bertz CT molecular complexity index is 478. The molecule has 1 heterocycles. The van der Waals surface area contributed by atoms with Gasteiger partial charge >= 0.3 is 0 Å². The van der Waals surface area contributed by atoms with Gasteiger partial charge in [0.05, 0.1) is 7.11 Å². The molecule has 0 bridgehead atoms. The predicted molar refractivity (Wildman–Crippen MR) is 78.8 cm³/mol. The first-order chi connectivity index (χ1) is 8.51. The lowest BCUT2D eigenvalue weighted by Crippen LogP contribution is -2.05. The molecular weight excluding hydrogens is 292 g/mol. The quantitative estimate of drug-likeness (QED) is 0.779. The average molecular weight is 311 g/mol. The van der Waals surface area contributed by atoms with Crippen molar-refractivity contribution in [3.8, 4) is 11.5 Å². The van der Waals surface area contributed by atoms with Crippen molar-refractivity contribution in [2.75, 3.05) is 7.11 Å². The van der Waals surface area contributed by atoms with E-state index in [0.717, 1.165) is 23.5 Å². The Balaban J connectivity index is 2.42. The van der Waals surface area contributed by atoms with E-state index in [0.29, 0.717) is 4.83 Å². The average Bonchev–Trinajstić information content (AvgIpc) is 2.66. The van der Waals surface area contributed by atoms with Crippen LogP contribution >= 0.6 is 15.9 Å². The van der Waals surface area contributed by atoms with Crippen LogP contribution in [-0.4, -0.2) is 18.0 Å². The van der Waals surface area contributed by atoms with Gasteiger partial charge in [-0.25, -0.2) is 0 Å². The van der Waals surface area contributed by atoms with Gasteiger partial charge in [-0.15, -0.1) is 0 Å². The molecule has 0 saturated carbocycles. The SMILES string of the molecule is COc1cc2c(cc1/C=C(/C)C(C)Br)OC(C)C2. The van der Waals surface area contributed by atoms with Gasteiger partial charge in [0, 0.05) is 22.4 Å². The van der Waals surface area contributed by atoms with Crippen LogP contribution in [0.1, 0.15) is 31.9 Å². The maximum Gasteiger partial charge on any atom is 0.126 e. The first kappa shape index (κ1) is 13.5. The Hall–Kier alpha value is -0.960. The van der Waals surface area contributed by atoms with Crippen LogP contribution in [0.4, 0.5) is 0 Å². The fourth-order valence-corrected chi connectivity index (χ4v) is 2.24. The minimum Gasteiger partial charge on any atom is -0.496 e. The highest BCUT2D eigenvalue weighted by atomic mass is 79.9. The number of ether oxygens (including phenoxy) is 2. The number of hydrogen-bond donors (Lipinski definition) is 0. The minimum atomic E-state index is 0.264. The first-order valence-electron chi connectivity index (χ1n) is 6.21. The Kier molecular flexibility index (Phi) is 4.00. The van der Waals surface area contributed by atoms with Crippen molar-refractivity contribution < 1.29 is 9.47 Å². The van der Waals surface area contributed by atoms with E-state index in [1.807, 2.05) is 0 Å². The van der Waals surface area contributed by atoms with Crippen molar-refractivity contribution in [2.45, 2.75) is 38.1 Å². The second-order valence-corrected chi connectivity index (χ2v) is 6.21. The lowest BCUT2D eigenvalue weighted by molar-refractivity contribution is 0.254. The molecule has 0 aromatic heterocycles. The van der Waals surface area contributed by atoms with Crippen molar-refractivity contribution >= 4 is 22.0 Å². The zero-order valence-corrected chi connectivity index (χ0v) is 12.9. The Morgan fingerprint density at radius 2 is 2.28 bits per heavy atom. The van der Waals surface area contributed by atoms with Gasteiger partial charge in [-0.05, 0) is 32.9 Å². The highest BCUT2D eigenvalue weighted by molar-refractivity contribution is 9.09. The molecule has 0 amide bonds. The van der Waals surface area contributed by atoms with E-state index in [-0.39, 0.29) is 6.10 Å². The number of rotatable bonds is 3. The topological polar surface area (TPSA) is 18.5 Å². The molecule has 98 valence electrons. The summed E-state index contributed by atoms with van der Waals surface area (Å²) in [6, 6.07) is 4.17. The maximum absolute atomic E-state index is 5.79. The van der Waals surface area contributed by atoms with Crippen molar-refractivity contribution in [1.82, 2.24) is 0 Å². The van der Waals surface area contributed by atoms with Gasteiger partial charge in [0.1, 0.15) is 17.6 Å². The van der Waals surface area contributed by atoms with Crippen molar-refractivity contribution in [1.29, 1.82) is 0 Å². The summed E-state index contributed by atoms with van der Waals surface area (Å²) in [5, 5.41) is 0. The lowest BCUT2D eigenvalue weighted by Gasteiger charge is -2.10. The molecule has 0 aliphatic carbocycles. The van der Waals surface area contributed by atoms with E-state index in [1.54, 1.807) is 7.11 Å². The zero-order chi connectivity index (χ0) is 13.3. The summed E-state index contributed by atoms with van der Waals surface area (Å²) >= 11 is 3.58. The molecule has 1 aromatic carbocycles. The van der Waals surface area contributed by atoms with Crippen LogP contribution in [0, 0.1) is 0 Å². The van der Waals surface area contributed by atoms with Crippen LogP contribution in [0.5, 0.6) is 11.5 Å². The molecule has 0 N–H and O–H groups in total. The molecule has 18 heavy (non-hydrogen) atoms. The molecule has 1 aliphatic heterocycles. The molecule has 2 nitrogen and oxygen atoms in total. The van der Waals surface area contributed by atoms with Crippen LogP contribution in [0.3, 0.4) is 0 Å². The lowest BCUT2D eigenvalue weighted by atomic mass is 10.0. The standard InChI is InChI=1S/C15H19BrO2/c1-9(11(3)16)5-12-8-15-13(6-10(2)18-15)7-14(12)17-4/h5,7-8,10-11H,6H2,1-4H3/b9-5-. The predicted octanol–water partition coefficient (Wildman–Crippen LogP) is 4.21. The van der Waals surface area contributed by atoms with Gasteiger partial charge in [0.2, 0.25) is 0 Å². The maximum atomic E-state index is 5.79. The third-order valence-electron chi connectivity index (χ3n) is 3.26. The van der Waals surface area contributed by atoms with Gasteiger partial charge in [-0.1, -0.05) is 27.6 Å². The number of halogens is 1. The molecule has 0 spiro atoms. The summed E-state index contributed by atoms with van der Waals surface area (Å²) in [7, 11) is 1.71. The van der Waals surface area contributed by atoms with E-state index in [1.165, 1.54) is 11.1 Å². The largest absolute Gasteiger partial charge is 0.496 e. The molecule has 1 aromatic rings. The van der Waals surface area contributed by atoms with Crippen molar-refractivity contribution in [2.24, 2.45) is 0 Å². The number of hydrogen-bond acceptors (Lipinski definition) is 2. The van der Waals surface area contributed by atoms with Gasteiger partial charge in [0.25, 0.3) is 0 Å². The second-order valence-electron chi connectivity index (χ2n) is 4.84. The highest BCUT2D eigenvalue weighted by Crippen LogP contribution is 2.36. The molecule has 0 fully saturated rings. The fraction of sp³-hybridized carbons (Fsp3) is 0.467. The van der Waals surface area contributed by atoms with Crippen molar-refractivity contribution in [3.63, 3.8) is 0 Å². The van der Waals surface area contributed by atoms with Crippen molar-refractivity contribution in [3.05, 3.63) is 28.8 Å². The fourth-order valence-electron chi connectivity index (χ4n) is 2.10. The summed E-state index contributed by atoms with van der Waals surface area (Å²) in [6.07, 6.45) is 3.37. The Morgan fingerprint density at radius 1 is 1.56 bits per heavy atom. The number of fused-ring (bicyclic) bond motifs is 1. The number of benzene rings is 1. The molecule has 1 aliphatic rings. The normalized spacial score (nSPS) is 20.3. The summed E-state index contributed by atoms with van der Waals surface area (Å²) < 4.78 is 11.3. The van der Waals surface area contributed by atoms with E-state index in [9.17, 15) is 0 Å². The Morgan fingerprint density at radius 3 is 2.89 bits per heavy atom. The molecule has 2 atom stereocenters. The second kappa shape index (κ2) is 5.35. The summed E-state index contributed by atoms with van der Waals surface area (Å²) in [5.74, 6) is 1.91. The molecular formula is C15H19BrO2. The number of alkyl halides is 1. The monoisotopic (exact) mass is 310 g/mol. The molecule has 0 saturated heterocycles. The molecule has 2 rings (SSSR count). The van der Waals surface area contributed by atoms with Crippen LogP contribution < -0.4 is 9.47 Å². The summed E-state index contributed by atoms with van der Waals surface area (Å²) in [5.41, 5.74) is 3.58. The van der Waals surface area contributed by atoms with Crippen LogP contribution in [0.15, 0.2) is 17.7 Å². The van der Waals surface area contributed by atoms with E-state index in [4.69, 9.17) is 9.47 Å². The van der Waals surface area contributed by atoms with E-state index in [2.05, 4.69) is 54.9 Å². The third-order valence-corrected chi connectivity index (χ3v) is 3.98. The summed E-state index contributed by atoms with van der Waals surface area (Å²) in [6.45, 7) is 6.31. The smallest absolute Gasteiger partial charge is 0.126 e. The van der Waals surface area contributed by atoms with Crippen LogP contribution in [0.2, 0.25) is 0 Å². The highest BCUT2D eigenvalue weighted by Gasteiger charge is 2.21. The van der Waals surface area contributed by atoms with Crippen LogP contribution in [-0.2, 0) is 6.42 Å². The van der Waals surface area contributed by atoms with Gasteiger partial charge in [0.15, 0.2) is 0 Å². The van der Waals surface area contributed by atoms with Gasteiger partial charge in [-0.2, -0.15) is 0 Å². The van der Waals surface area contributed by atoms with E-state index < -0.39 is 0 Å². The Labute approximate surface area is 117 Å².